The number of carbonyl (C=O) groups excluding carboxylic acids is 2. The molecule has 2 atom stereocenters. The number of nitrogens with one attached hydrogen (secondary N) is 2. The third-order valence-electron chi connectivity index (χ3n) is 5.54. The Balaban J connectivity index is 1.87. The van der Waals surface area contributed by atoms with E-state index >= 15 is 0 Å². The highest BCUT2D eigenvalue weighted by Gasteiger charge is 2.23. The van der Waals surface area contributed by atoms with Crippen molar-refractivity contribution in [2.75, 3.05) is 11.3 Å². The summed E-state index contributed by atoms with van der Waals surface area (Å²) in [5.41, 5.74) is 13.0. The molecule has 6 N–H and O–H groups in total. The number of ether oxygens (including phenoxy) is 1. The molecule has 0 aromatic heterocycles. The van der Waals surface area contributed by atoms with Gasteiger partial charge in [-0.05, 0) is 55.3 Å². The maximum Gasteiger partial charge on any atom is 0.328 e. The van der Waals surface area contributed by atoms with E-state index in [0.717, 1.165) is 5.56 Å². The number of guanidine groups is 1. The number of nitrogens with zero attached hydrogens (tertiary/aromatic N) is 1. The molecule has 1 amide bonds. The predicted octanol–water partition coefficient (Wildman–Crippen LogP) is 2.98. The zero-order chi connectivity index (χ0) is 27.7. The lowest BCUT2D eigenvalue weighted by Crippen LogP contribution is -2.40. The second kappa shape index (κ2) is 12.7. The molecule has 0 spiro atoms. The Labute approximate surface area is 222 Å². The van der Waals surface area contributed by atoms with Crippen LogP contribution in [0.2, 0.25) is 0 Å². The fourth-order valence-electron chi connectivity index (χ4n) is 3.83. The largest absolute Gasteiger partial charge is 0.464 e. The van der Waals surface area contributed by atoms with Crippen LogP contribution < -0.4 is 21.5 Å². The summed E-state index contributed by atoms with van der Waals surface area (Å²) < 4.78 is 33.7. The minimum atomic E-state index is -3.96. The van der Waals surface area contributed by atoms with Crippen molar-refractivity contribution in [1.82, 2.24) is 5.32 Å². The molecule has 0 saturated carbocycles. The van der Waals surface area contributed by atoms with Crippen molar-refractivity contribution in [3.63, 3.8) is 0 Å². The van der Waals surface area contributed by atoms with Gasteiger partial charge in [0.05, 0.1) is 17.2 Å². The van der Waals surface area contributed by atoms with Crippen molar-refractivity contribution in [3.8, 4) is 0 Å². The van der Waals surface area contributed by atoms with E-state index in [0.29, 0.717) is 16.9 Å². The fraction of sp³-hybridized carbons (Fsp3) is 0.222. The summed E-state index contributed by atoms with van der Waals surface area (Å²) >= 11 is 0. The highest BCUT2D eigenvalue weighted by atomic mass is 32.2. The van der Waals surface area contributed by atoms with Crippen LogP contribution in [0.4, 0.5) is 11.4 Å². The van der Waals surface area contributed by atoms with E-state index in [9.17, 15) is 18.0 Å². The first-order valence-corrected chi connectivity index (χ1v) is 13.4. The standard InChI is InChI=1S/C27H31N5O5S/c1-3-37-26(34)18(2)30-25(33)17-24(19-9-5-4-6-10-19)20-11-7-13-22(15-20)32-38(35,36)23-14-8-12-21(16-23)31-27(28)29/h4-16,18,24,32H,3,17H2,1-2H3,(H,30,33)(H4,28,29,31). The van der Waals surface area contributed by atoms with Gasteiger partial charge in [0.2, 0.25) is 5.91 Å². The van der Waals surface area contributed by atoms with Gasteiger partial charge in [-0.2, -0.15) is 0 Å². The molecule has 38 heavy (non-hydrogen) atoms. The van der Waals surface area contributed by atoms with Crippen LogP contribution in [-0.4, -0.2) is 38.9 Å². The van der Waals surface area contributed by atoms with Crippen LogP contribution in [0.15, 0.2) is 88.8 Å². The molecule has 0 aliphatic rings. The highest BCUT2D eigenvalue weighted by Crippen LogP contribution is 2.30. The fourth-order valence-corrected chi connectivity index (χ4v) is 4.92. The van der Waals surface area contributed by atoms with Gasteiger partial charge >= 0.3 is 5.97 Å². The molecule has 0 aliphatic carbocycles. The number of hydrogen-bond acceptors (Lipinski definition) is 6. The molecule has 3 aromatic carbocycles. The van der Waals surface area contributed by atoms with Gasteiger partial charge in [-0.3, -0.25) is 9.52 Å². The second-order valence-electron chi connectivity index (χ2n) is 8.47. The van der Waals surface area contributed by atoms with E-state index in [1.54, 1.807) is 38.1 Å². The number of amides is 1. The lowest BCUT2D eigenvalue weighted by Gasteiger charge is -2.20. The monoisotopic (exact) mass is 537 g/mol. The lowest BCUT2D eigenvalue weighted by molar-refractivity contribution is -0.146. The quantitative estimate of drug-likeness (QED) is 0.166. The van der Waals surface area contributed by atoms with E-state index in [-0.39, 0.29) is 29.8 Å². The minimum Gasteiger partial charge on any atom is -0.464 e. The van der Waals surface area contributed by atoms with Gasteiger partial charge in [0.15, 0.2) is 5.96 Å². The smallest absolute Gasteiger partial charge is 0.328 e. The second-order valence-corrected chi connectivity index (χ2v) is 10.2. The van der Waals surface area contributed by atoms with Crippen molar-refractivity contribution >= 4 is 39.2 Å². The summed E-state index contributed by atoms with van der Waals surface area (Å²) in [4.78, 5) is 28.7. The predicted molar refractivity (Wildman–Crippen MR) is 146 cm³/mol. The zero-order valence-electron chi connectivity index (χ0n) is 21.1. The molecular weight excluding hydrogens is 506 g/mol. The Kier molecular flexibility index (Phi) is 9.44. The number of hydrogen-bond donors (Lipinski definition) is 4. The van der Waals surface area contributed by atoms with Crippen molar-refractivity contribution in [3.05, 3.63) is 90.0 Å². The van der Waals surface area contributed by atoms with Crippen LogP contribution in [-0.2, 0) is 24.3 Å². The maximum absolute atomic E-state index is 13.1. The van der Waals surface area contributed by atoms with E-state index in [1.165, 1.54) is 18.2 Å². The van der Waals surface area contributed by atoms with Crippen molar-refractivity contribution in [1.29, 1.82) is 0 Å². The van der Waals surface area contributed by atoms with Crippen molar-refractivity contribution in [2.24, 2.45) is 16.5 Å². The number of rotatable bonds is 11. The first-order chi connectivity index (χ1) is 18.1. The molecule has 0 aliphatic heterocycles. The Morgan fingerprint density at radius 3 is 2.32 bits per heavy atom. The van der Waals surface area contributed by atoms with Crippen molar-refractivity contribution in [2.45, 2.75) is 37.1 Å². The zero-order valence-corrected chi connectivity index (χ0v) is 21.9. The van der Waals surface area contributed by atoms with E-state index in [2.05, 4.69) is 15.0 Å². The molecule has 11 heteroatoms. The number of anilines is 1. The van der Waals surface area contributed by atoms with Crippen LogP contribution in [0.5, 0.6) is 0 Å². The average Bonchev–Trinajstić information content (AvgIpc) is 2.87. The highest BCUT2D eigenvalue weighted by molar-refractivity contribution is 7.92. The third-order valence-corrected chi connectivity index (χ3v) is 6.92. The molecule has 3 aromatic rings. The number of benzene rings is 3. The van der Waals surface area contributed by atoms with Gasteiger partial charge in [-0.15, -0.1) is 0 Å². The summed E-state index contributed by atoms with van der Waals surface area (Å²) in [6, 6.07) is 21.3. The van der Waals surface area contributed by atoms with E-state index < -0.39 is 28.0 Å². The average molecular weight is 538 g/mol. The van der Waals surface area contributed by atoms with Crippen LogP contribution >= 0.6 is 0 Å². The van der Waals surface area contributed by atoms with Crippen molar-refractivity contribution < 1.29 is 22.7 Å². The van der Waals surface area contributed by atoms with Crippen LogP contribution in [0, 0.1) is 0 Å². The summed E-state index contributed by atoms with van der Waals surface area (Å²) in [6.07, 6.45) is 0.0323. The number of carbonyl (C=O) groups is 2. The lowest BCUT2D eigenvalue weighted by atomic mass is 9.88. The maximum atomic E-state index is 13.1. The Morgan fingerprint density at radius 1 is 0.947 bits per heavy atom. The molecule has 0 saturated heterocycles. The number of nitrogens with two attached hydrogens (primary N) is 2. The third kappa shape index (κ3) is 7.81. The van der Waals surface area contributed by atoms with Crippen LogP contribution in [0.25, 0.3) is 0 Å². The normalized spacial score (nSPS) is 12.6. The Morgan fingerprint density at radius 2 is 1.63 bits per heavy atom. The van der Waals surface area contributed by atoms with Crippen LogP contribution in [0.3, 0.4) is 0 Å². The van der Waals surface area contributed by atoms with Gasteiger partial charge < -0.3 is 21.5 Å². The topological polar surface area (TPSA) is 166 Å². The van der Waals surface area contributed by atoms with Gasteiger partial charge in [0, 0.05) is 18.0 Å². The summed E-state index contributed by atoms with van der Waals surface area (Å²) in [6.45, 7) is 3.47. The molecule has 200 valence electrons. The molecule has 0 fully saturated rings. The summed E-state index contributed by atoms with van der Waals surface area (Å²) in [5, 5.41) is 2.67. The Hall–Kier alpha value is -4.38. The van der Waals surface area contributed by atoms with E-state index in [4.69, 9.17) is 16.2 Å². The molecule has 0 heterocycles. The molecule has 2 unspecified atom stereocenters. The first-order valence-electron chi connectivity index (χ1n) is 11.9. The van der Waals surface area contributed by atoms with Gasteiger partial charge in [0.25, 0.3) is 10.0 Å². The Bertz CT molecular complexity index is 1410. The minimum absolute atomic E-state index is 0.0163. The summed E-state index contributed by atoms with van der Waals surface area (Å²) in [5.74, 6) is -1.45. The van der Waals surface area contributed by atoms with E-state index in [1.807, 2.05) is 36.4 Å². The van der Waals surface area contributed by atoms with Gasteiger partial charge in [-0.1, -0.05) is 48.5 Å². The number of aliphatic imine (C=N–C) groups is 1. The molecule has 0 bridgehead atoms. The number of esters is 1. The molecule has 3 rings (SSSR count). The number of sulfonamides is 1. The SMILES string of the molecule is CCOC(=O)C(C)NC(=O)CC(c1ccccc1)c1cccc(NS(=O)(=O)c2cccc(N=C(N)N)c2)c1. The van der Waals surface area contributed by atoms with Crippen LogP contribution in [0.1, 0.15) is 37.3 Å². The van der Waals surface area contributed by atoms with Gasteiger partial charge in [0.1, 0.15) is 6.04 Å². The van der Waals surface area contributed by atoms with Gasteiger partial charge in [-0.25, -0.2) is 18.2 Å². The summed E-state index contributed by atoms with van der Waals surface area (Å²) in [7, 11) is -3.96. The molecule has 0 radical (unpaired) electrons. The molecular formula is C27H31N5O5S. The first kappa shape index (κ1) is 28.2. The molecule has 10 nitrogen and oxygen atoms in total.